The summed E-state index contributed by atoms with van der Waals surface area (Å²) in [6.45, 7) is -0.109. The lowest BCUT2D eigenvalue weighted by Crippen LogP contribution is -2.32. The van der Waals surface area contributed by atoms with Gasteiger partial charge in [-0.25, -0.2) is 0 Å². The van der Waals surface area contributed by atoms with Crippen molar-refractivity contribution in [3.8, 4) is 5.75 Å². The van der Waals surface area contributed by atoms with E-state index in [2.05, 4.69) is 12.2 Å². The van der Waals surface area contributed by atoms with E-state index in [4.69, 9.17) is 16.3 Å². The Morgan fingerprint density at radius 3 is 2.10 bits per heavy atom. The maximum absolute atomic E-state index is 12.9. The van der Waals surface area contributed by atoms with Gasteiger partial charge in [-0.05, 0) is 66.8 Å². The molecule has 1 heterocycles. The molecule has 1 aliphatic heterocycles. The van der Waals surface area contributed by atoms with Gasteiger partial charge in [0.05, 0.1) is 17.5 Å². The first kappa shape index (κ1) is 18.1. The number of imide groups is 1. The van der Waals surface area contributed by atoms with Crippen LogP contribution in [0.1, 0.15) is 16.8 Å². The van der Waals surface area contributed by atoms with Crippen LogP contribution in [0.3, 0.4) is 0 Å². The van der Waals surface area contributed by atoms with E-state index in [-0.39, 0.29) is 47.9 Å². The number of hydrogen-bond donors (Lipinski definition) is 0. The summed E-state index contributed by atoms with van der Waals surface area (Å²) in [5.74, 6) is 0.0621. The molecule has 1 saturated carbocycles. The van der Waals surface area contributed by atoms with E-state index in [1.54, 1.807) is 48.5 Å². The van der Waals surface area contributed by atoms with Gasteiger partial charge in [-0.15, -0.1) is 0 Å². The number of allylic oxidation sites excluding steroid dienone is 2. The van der Waals surface area contributed by atoms with Gasteiger partial charge < -0.3 is 4.74 Å². The highest BCUT2D eigenvalue weighted by Gasteiger charge is 2.59. The van der Waals surface area contributed by atoms with Crippen molar-refractivity contribution in [1.82, 2.24) is 0 Å². The Morgan fingerprint density at radius 2 is 1.52 bits per heavy atom. The summed E-state index contributed by atoms with van der Waals surface area (Å²) in [5.41, 5.74) is 1.07. The number of Topliss-reactive ketones (excluding diaryl/α,β-unsaturated/α-hetero) is 1. The van der Waals surface area contributed by atoms with Crippen molar-refractivity contribution >= 4 is 34.9 Å². The first-order valence-corrected chi connectivity index (χ1v) is 9.98. The van der Waals surface area contributed by atoms with Crippen molar-refractivity contribution in [1.29, 1.82) is 0 Å². The predicted octanol–water partition coefficient (Wildman–Crippen LogP) is 3.91. The lowest BCUT2D eigenvalue weighted by atomic mass is 9.85. The zero-order valence-corrected chi connectivity index (χ0v) is 16.2. The second-order valence-corrected chi connectivity index (χ2v) is 8.16. The molecule has 5 nitrogen and oxygen atoms in total. The molecule has 2 aromatic rings. The van der Waals surface area contributed by atoms with Gasteiger partial charge in [-0.3, -0.25) is 19.3 Å². The number of carbonyl (C=O) groups excluding carboxylic acids is 3. The van der Waals surface area contributed by atoms with Crippen LogP contribution in [0.4, 0.5) is 5.69 Å². The van der Waals surface area contributed by atoms with E-state index < -0.39 is 0 Å². The monoisotopic (exact) mass is 407 g/mol. The van der Waals surface area contributed by atoms with Crippen LogP contribution in [0, 0.1) is 23.7 Å². The summed E-state index contributed by atoms with van der Waals surface area (Å²) in [6.07, 6.45) is 5.07. The molecule has 2 aliphatic carbocycles. The average molecular weight is 408 g/mol. The summed E-state index contributed by atoms with van der Waals surface area (Å²) in [5, 5.41) is 0.567. The van der Waals surface area contributed by atoms with Gasteiger partial charge in [0.15, 0.2) is 12.4 Å². The fourth-order valence-electron chi connectivity index (χ4n) is 4.72. The highest BCUT2D eigenvalue weighted by atomic mass is 35.5. The number of rotatable bonds is 5. The van der Waals surface area contributed by atoms with Gasteiger partial charge in [0.25, 0.3) is 0 Å². The van der Waals surface area contributed by atoms with Crippen molar-refractivity contribution in [3.63, 3.8) is 0 Å². The van der Waals surface area contributed by atoms with Gasteiger partial charge in [0.2, 0.25) is 11.8 Å². The molecule has 3 aliphatic rings. The number of benzene rings is 2. The molecule has 5 rings (SSSR count). The molecule has 4 atom stereocenters. The average Bonchev–Trinajstić information content (AvgIpc) is 3.41. The molecule has 0 spiro atoms. The highest BCUT2D eigenvalue weighted by Crippen LogP contribution is 2.53. The van der Waals surface area contributed by atoms with Crippen LogP contribution in [0.2, 0.25) is 5.02 Å². The van der Waals surface area contributed by atoms with Crippen LogP contribution in [-0.4, -0.2) is 24.2 Å². The van der Waals surface area contributed by atoms with Crippen LogP contribution in [0.25, 0.3) is 0 Å². The van der Waals surface area contributed by atoms with Gasteiger partial charge in [0.1, 0.15) is 5.75 Å². The third-order valence-corrected chi connectivity index (χ3v) is 6.35. The Labute approximate surface area is 172 Å². The molecule has 2 amide bonds. The number of fused-ring (bicyclic) bond motifs is 5. The molecule has 4 unspecified atom stereocenters. The summed E-state index contributed by atoms with van der Waals surface area (Å²) in [7, 11) is 0. The van der Waals surface area contributed by atoms with Crippen LogP contribution in [-0.2, 0) is 9.59 Å². The maximum atomic E-state index is 12.9. The third-order valence-electron chi connectivity index (χ3n) is 6.10. The molecule has 0 N–H and O–H groups in total. The van der Waals surface area contributed by atoms with E-state index >= 15 is 0 Å². The van der Waals surface area contributed by atoms with Crippen LogP contribution in [0.5, 0.6) is 5.75 Å². The van der Waals surface area contributed by atoms with Crippen LogP contribution >= 0.6 is 11.6 Å². The molecule has 1 saturated heterocycles. The zero-order valence-electron chi connectivity index (χ0n) is 15.5. The van der Waals surface area contributed by atoms with E-state index in [1.807, 2.05) is 0 Å². The molecule has 0 aromatic heterocycles. The zero-order chi connectivity index (χ0) is 20.1. The fourth-order valence-corrected chi connectivity index (χ4v) is 4.84. The molecule has 146 valence electrons. The standard InChI is InChI=1S/C23H18ClNO4/c24-16-5-3-13(4-6-16)19(26)12-29-18-9-7-17(8-10-18)25-22(27)20-14-1-2-15(11-14)21(20)23(25)28/h1-10,14-15,20-21H,11-12H2. The minimum Gasteiger partial charge on any atom is -0.485 e. The third kappa shape index (κ3) is 2.97. The predicted molar refractivity (Wildman–Crippen MR) is 108 cm³/mol. The van der Waals surface area contributed by atoms with Gasteiger partial charge in [-0.1, -0.05) is 23.8 Å². The first-order chi connectivity index (χ1) is 14.0. The summed E-state index contributed by atoms with van der Waals surface area (Å²) < 4.78 is 5.56. The second-order valence-electron chi connectivity index (χ2n) is 7.72. The molecule has 0 radical (unpaired) electrons. The van der Waals surface area contributed by atoms with Gasteiger partial charge in [-0.2, -0.15) is 0 Å². The molecule has 6 heteroatoms. The fraction of sp³-hybridized carbons (Fsp3) is 0.261. The number of nitrogens with zero attached hydrogens (tertiary/aromatic N) is 1. The number of ether oxygens (including phenoxy) is 1. The Hall–Kier alpha value is -2.92. The van der Waals surface area contributed by atoms with Crippen molar-refractivity contribution < 1.29 is 19.1 Å². The topological polar surface area (TPSA) is 63.7 Å². The number of halogens is 1. The number of carbonyl (C=O) groups is 3. The summed E-state index contributed by atoms with van der Waals surface area (Å²) in [6, 6.07) is 13.3. The van der Waals surface area contributed by atoms with Crippen molar-refractivity contribution in [2.75, 3.05) is 11.5 Å². The molecule has 2 fully saturated rings. The molecular formula is C23H18ClNO4. The minimum absolute atomic E-state index is 0.108. The first-order valence-electron chi connectivity index (χ1n) is 9.61. The molecule has 29 heavy (non-hydrogen) atoms. The van der Waals surface area contributed by atoms with E-state index in [0.717, 1.165) is 6.42 Å². The molecule has 2 aromatic carbocycles. The van der Waals surface area contributed by atoms with Crippen molar-refractivity contribution in [2.24, 2.45) is 23.7 Å². The maximum Gasteiger partial charge on any atom is 0.238 e. The summed E-state index contributed by atoms with van der Waals surface area (Å²) >= 11 is 5.83. The normalized spacial score (nSPS) is 26.9. The van der Waals surface area contributed by atoms with Crippen molar-refractivity contribution in [2.45, 2.75) is 6.42 Å². The Balaban J connectivity index is 1.26. The Bertz CT molecular complexity index is 998. The smallest absolute Gasteiger partial charge is 0.238 e. The van der Waals surface area contributed by atoms with Crippen LogP contribution in [0.15, 0.2) is 60.7 Å². The number of ketones is 1. The van der Waals surface area contributed by atoms with Gasteiger partial charge >= 0.3 is 0 Å². The number of hydrogen-bond acceptors (Lipinski definition) is 4. The highest BCUT2D eigenvalue weighted by molar-refractivity contribution is 6.30. The number of anilines is 1. The number of amides is 2. The largest absolute Gasteiger partial charge is 0.485 e. The summed E-state index contributed by atoms with van der Waals surface area (Å²) in [4.78, 5) is 39.2. The SMILES string of the molecule is O=C(COc1ccc(N2C(=O)C3C4C=CC(C4)C3C2=O)cc1)c1ccc(Cl)cc1. The van der Waals surface area contributed by atoms with E-state index in [0.29, 0.717) is 22.0 Å². The molecule has 2 bridgehead atoms. The Kier molecular flexibility index (Phi) is 4.28. The minimum atomic E-state index is -0.217. The lowest BCUT2D eigenvalue weighted by molar-refractivity contribution is -0.123. The van der Waals surface area contributed by atoms with E-state index in [1.165, 1.54) is 4.90 Å². The molecular weight excluding hydrogens is 390 g/mol. The van der Waals surface area contributed by atoms with Crippen molar-refractivity contribution in [3.05, 3.63) is 71.3 Å². The lowest BCUT2D eigenvalue weighted by Gasteiger charge is -2.17. The van der Waals surface area contributed by atoms with Crippen LogP contribution < -0.4 is 9.64 Å². The second kappa shape index (κ2) is 6.85. The quantitative estimate of drug-likeness (QED) is 0.428. The van der Waals surface area contributed by atoms with Gasteiger partial charge in [0, 0.05) is 10.6 Å². The Morgan fingerprint density at radius 1 is 0.931 bits per heavy atom. The van der Waals surface area contributed by atoms with E-state index in [9.17, 15) is 14.4 Å².